The van der Waals surface area contributed by atoms with E-state index in [1.54, 1.807) is 0 Å². The highest BCUT2D eigenvalue weighted by atomic mass is 15.2. The lowest BCUT2D eigenvalue weighted by molar-refractivity contribution is 0.742. The third-order valence-corrected chi connectivity index (χ3v) is 13.3. The molecule has 0 radical (unpaired) electrons. The summed E-state index contributed by atoms with van der Waals surface area (Å²) in [6.45, 7) is 0. The van der Waals surface area contributed by atoms with E-state index in [0.717, 1.165) is 5.69 Å². The van der Waals surface area contributed by atoms with Crippen LogP contribution in [0.3, 0.4) is 0 Å². The fourth-order valence-corrected chi connectivity index (χ4v) is 11.1. The Labute approximate surface area is 331 Å². The summed E-state index contributed by atoms with van der Waals surface area (Å²) in [5.41, 5.74) is 20.4. The van der Waals surface area contributed by atoms with Gasteiger partial charge < -0.3 is 9.47 Å². The number of para-hydroxylation sites is 1. The zero-order chi connectivity index (χ0) is 37.2. The number of aromatic nitrogens is 1. The van der Waals surface area contributed by atoms with Crippen molar-refractivity contribution in [3.8, 4) is 39.1 Å². The van der Waals surface area contributed by atoms with Gasteiger partial charge >= 0.3 is 0 Å². The van der Waals surface area contributed by atoms with Gasteiger partial charge in [-0.3, -0.25) is 0 Å². The summed E-state index contributed by atoms with van der Waals surface area (Å²) in [5.74, 6) is 0.230. The Morgan fingerprint density at radius 3 is 1.72 bits per heavy atom. The predicted octanol–water partition coefficient (Wildman–Crippen LogP) is 13.5. The van der Waals surface area contributed by atoms with Gasteiger partial charge in [-0.25, -0.2) is 0 Å². The molecular formula is C55H36N2. The summed E-state index contributed by atoms with van der Waals surface area (Å²) in [7, 11) is 0. The first-order valence-electron chi connectivity index (χ1n) is 20.1. The molecule has 1 aromatic heterocycles. The van der Waals surface area contributed by atoms with E-state index in [1.165, 1.54) is 94.4 Å². The number of allylic oxidation sites excluding steroid dienone is 2. The summed E-state index contributed by atoms with van der Waals surface area (Å²) in [6, 6.07) is 68.3. The van der Waals surface area contributed by atoms with E-state index in [9.17, 15) is 0 Å². The number of fused-ring (bicyclic) bond motifs is 17. The summed E-state index contributed by atoms with van der Waals surface area (Å²) < 4.78 is 2.52. The average molecular weight is 725 g/mol. The van der Waals surface area contributed by atoms with Crippen molar-refractivity contribution in [3.05, 3.63) is 234 Å². The van der Waals surface area contributed by atoms with Crippen LogP contribution in [0.5, 0.6) is 0 Å². The molecule has 3 aliphatic carbocycles. The molecule has 2 heterocycles. The van der Waals surface area contributed by atoms with E-state index < -0.39 is 5.41 Å². The minimum Gasteiger partial charge on any atom is -0.332 e. The summed E-state index contributed by atoms with van der Waals surface area (Å²) >= 11 is 0. The molecule has 0 saturated carbocycles. The second-order valence-corrected chi connectivity index (χ2v) is 15.9. The molecule has 2 heteroatoms. The smallest absolute Gasteiger partial charge is 0.0782 e. The van der Waals surface area contributed by atoms with E-state index in [-0.39, 0.29) is 12.0 Å². The Balaban J connectivity index is 1.08. The molecule has 1 aliphatic heterocycles. The molecular weight excluding hydrogens is 689 g/mol. The Kier molecular flexibility index (Phi) is 6.24. The second-order valence-electron chi connectivity index (χ2n) is 15.9. The summed E-state index contributed by atoms with van der Waals surface area (Å²) in [5, 5.41) is 2.54. The van der Waals surface area contributed by atoms with E-state index >= 15 is 0 Å². The number of hydrogen-bond donors (Lipinski definition) is 0. The molecule has 57 heavy (non-hydrogen) atoms. The minimum atomic E-state index is -0.402. The number of rotatable bonds is 3. The van der Waals surface area contributed by atoms with Crippen LogP contribution >= 0.6 is 0 Å². The van der Waals surface area contributed by atoms with Crippen molar-refractivity contribution in [2.45, 2.75) is 17.4 Å². The maximum atomic E-state index is 2.67. The molecule has 13 rings (SSSR count). The van der Waals surface area contributed by atoms with Crippen molar-refractivity contribution in [1.82, 2.24) is 4.57 Å². The van der Waals surface area contributed by atoms with Gasteiger partial charge in [-0.2, -0.15) is 0 Å². The van der Waals surface area contributed by atoms with Gasteiger partial charge in [0.2, 0.25) is 0 Å². The SMILES string of the molecule is C1=CC2c3ccc4c5ccccc5n(-c5ccc(-c6ccccc6)cc5)c4c3N(c3ccc4c(c3)C3(c5ccccc5-c5ccccc53)c3ccccc3-4)C2C=C1. The molecule has 1 spiro atoms. The van der Waals surface area contributed by atoms with Gasteiger partial charge in [0.1, 0.15) is 0 Å². The highest BCUT2D eigenvalue weighted by molar-refractivity contribution is 6.15. The van der Waals surface area contributed by atoms with Crippen molar-refractivity contribution in [3.63, 3.8) is 0 Å². The topological polar surface area (TPSA) is 8.17 Å². The van der Waals surface area contributed by atoms with E-state index in [1.807, 2.05) is 0 Å². The first kappa shape index (κ1) is 31.1. The maximum absolute atomic E-state index is 2.67. The van der Waals surface area contributed by atoms with Crippen LogP contribution in [0.4, 0.5) is 11.4 Å². The zero-order valence-electron chi connectivity index (χ0n) is 31.2. The molecule has 4 aliphatic rings. The molecule has 9 aromatic rings. The largest absolute Gasteiger partial charge is 0.332 e. The van der Waals surface area contributed by atoms with Crippen molar-refractivity contribution in [2.75, 3.05) is 4.90 Å². The minimum absolute atomic E-state index is 0.142. The fraction of sp³-hybridized carbons (Fsp3) is 0.0545. The van der Waals surface area contributed by atoms with Gasteiger partial charge in [0.15, 0.2) is 0 Å². The molecule has 2 atom stereocenters. The lowest BCUT2D eigenvalue weighted by Crippen LogP contribution is -2.30. The molecule has 0 bridgehead atoms. The molecule has 0 fully saturated rings. The van der Waals surface area contributed by atoms with Crippen LogP contribution in [-0.4, -0.2) is 10.6 Å². The van der Waals surface area contributed by atoms with Gasteiger partial charge in [0.05, 0.1) is 28.2 Å². The van der Waals surface area contributed by atoms with E-state index in [0.29, 0.717) is 0 Å². The monoisotopic (exact) mass is 724 g/mol. The average Bonchev–Trinajstić information content (AvgIpc) is 3.99. The summed E-state index contributed by atoms with van der Waals surface area (Å²) in [6.07, 6.45) is 9.29. The quantitative estimate of drug-likeness (QED) is 0.176. The van der Waals surface area contributed by atoms with Crippen LogP contribution in [0.2, 0.25) is 0 Å². The Morgan fingerprint density at radius 2 is 1.00 bits per heavy atom. The van der Waals surface area contributed by atoms with Gasteiger partial charge in [-0.05, 0) is 91.5 Å². The standard InChI is InChI=1S/C55H36N2/c1-2-14-35(15-3-1)36-26-28-37(29-27-36)56-51-24-12-7-19-43(51)45-32-33-46-44-20-8-13-25-52(44)57(54(46)53(45)56)38-30-31-42-41-18-6-11-23-49(41)55(50(42)34-38)47-21-9-4-16-39(47)40-17-5-10-22-48(40)55/h1-34,44,52H. The van der Waals surface area contributed by atoms with Crippen LogP contribution in [0.25, 0.3) is 60.9 Å². The lowest BCUT2D eigenvalue weighted by Gasteiger charge is -2.33. The number of anilines is 2. The van der Waals surface area contributed by atoms with Gasteiger partial charge in [0, 0.05) is 28.1 Å². The maximum Gasteiger partial charge on any atom is 0.0782 e. The van der Waals surface area contributed by atoms with Gasteiger partial charge in [-0.15, -0.1) is 0 Å². The Morgan fingerprint density at radius 1 is 0.421 bits per heavy atom. The molecule has 2 unspecified atom stereocenters. The van der Waals surface area contributed by atoms with Crippen LogP contribution in [0.15, 0.2) is 206 Å². The van der Waals surface area contributed by atoms with Crippen LogP contribution in [0, 0.1) is 0 Å². The first-order valence-corrected chi connectivity index (χ1v) is 20.1. The molecule has 266 valence electrons. The van der Waals surface area contributed by atoms with Crippen molar-refractivity contribution < 1.29 is 0 Å². The highest BCUT2D eigenvalue weighted by Crippen LogP contribution is 2.64. The highest BCUT2D eigenvalue weighted by Gasteiger charge is 2.52. The number of nitrogens with zero attached hydrogens (tertiary/aromatic N) is 2. The summed E-state index contributed by atoms with van der Waals surface area (Å²) in [4.78, 5) is 2.67. The third-order valence-electron chi connectivity index (χ3n) is 13.3. The molecule has 0 saturated heterocycles. The zero-order valence-corrected chi connectivity index (χ0v) is 31.2. The number of benzene rings is 8. The number of hydrogen-bond acceptors (Lipinski definition) is 1. The molecule has 2 nitrogen and oxygen atoms in total. The Hall–Kier alpha value is -7.16. The van der Waals surface area contributed by atoms with Crippen molar-refractivity contribution in [1.29, 1.82) is 0 Å². The molecule has 0 N–H and O–H groups in total. The van der Waals surface area contributed by atoms with E-state index in [2.05, 4.69) is 216 Å². The van der Waals surface area contributed by atoms with Crippen LogP contribution in [0.1, 0.15) is 33.7 Å². The lowest BCUT2D eigenvalue weighted by atomic mass is 9.70. The van der Waals surface area contributed by atoms with Crippen molar-refractivity contribution in [2.24, 2.45) is 0 Å². The Bertz CT molecular complexity index is 3130. The first-order chi connectivity index (χ1) is 28.3. The van der Waals surface area contributed by atoms with Crippen molar-refractivity contribution >= 4 is 33.2 Å². The van der Waals surface area contributed by atoms with Crippen LogP contribution < -0.4 is 4.90 Å². The van der Waals surface area contributed by atoms with Gasteiger partial charge in [-0.1, -0.05) is 176 Å². The third kappa shape index (κ3) is 3.99. The second kappa shape index (κ2) is 11.4. The molecule has 0 amide bonds. The van der Waals surface area contributed by atoms with Crippen LogP contribution in [-0.2, 0) is 5.41 Å². The fourth-order valence-electron chi connectivity index (χ4n) is 11.1. The normalized spacial score (nSPS) is 17.4. The van der Waals surface area contributed by atoms with E-state index in [4.69, 9.17) is 0 Å². The molecule has 8 aromatic carbocycles. The van der Waals surface area contributed by atoms with Gasteiger partial charge in [0.25, 0.3) is 0 Å². The predicted molar refractivity (Wildman–Crippen MR) is 236 cm³/mol.